The van der Waals surface area contributed by atoms with Gasteiger partial charge in [0.25, 0.3) is 0 Å². The predicted molar refractivity (Wildman–Crippen MR) is 83.7 cm³/mol. The highest BCUT2D eigenvalue weighted by atomic mass is 35.5. The fourth-order valence-electron chi connectivity index (χ4n) is 2.77. The van der Waals surface area contributed by atoms with E-state index in [-0.39, 0.29) is 6.04 Å². The Kier molecular flexibility index (Phi) is 4.06. The van der Waals surface area contributed by atoms with E-state index >= 15 is 0 Å². The van der Waals surface area contributed by atoms with Crippen LogP contribution >= 0.6 is 11.6 Å². The second-order valence-electron chi connectivity index (χ2n) is 5.45. The van der Waals surface area contributed by atoms with Gasteiger partial charge < -0.3 is 0 Å². The fourth-order valence-corrected chi connectivity index (χ4v) is 2.90. The van der Waals surface area contributed by atoms with Gasteiger partial charge in [0, 0.05) is 5.02 Å². The average Bonchev–Trinajstić information content (AvgIpc) is 2.40. The highest BCUT2D eigenvalue weighted by Crippen LogP contribution is 2.37. The third-order valence-corrected chi connectivity index (χ3v) is 4.44. The summed E-state index contributed by atoms with van der Waals surface area (Å²) in [5.41, 5.74) is 6.68. The SMILES string of the molecule is NNC(c1ccc(Cl)cc1)c1cccc(C2CCC2)c1. The lowest BCUT2D eigenvalue weighted by Crippen LogP contribution is -2.29. The maximum absolute atomic E-state index is 5.95. The number of hydrogen-bond donors (Lipinski definition) is 2. The molecule has 104 valence electrons. The van der Waals surface area contributed by atoms with Crippen LogP contribution in [0.1, 0.15) is 47.9 Å². The molecule has 0 spiro atoms. The van der Waals surface area contributed by atoms with Gasteiger partial charge in [-0.2, -0.15) is 0 Å². The van der Waals surface area contributed by atoms with Crippen molar-refractivity contribution < 1.29 is 0 Å². The summed E-state index contributed by atoms with van der Waals surface area (Å²) < 4.78 is 0. The Labute approximate surface area is 124 Å². The lowest BCUT2D eigenvalue weighted by Gasteiger charge is -2.27. The summed E-state index contributed by atoms with van der Waals surface area (Å²) >= 11 is 5.95. The topological polar surface area (TPSA) is 38.0 Å². The minimum Gasteiger partial charge on any atom is -0.271 e. The van der Waals surface area contributed by atoms with Crippen molar-refractivity contribution in [2.75, 3.05) is 0 Å². The molecule has 0 saturated heterocycles. The van der Waals surface area contributed by atoms with Crippen molar-refractivity contribution >= 4 is 11.6 Å². The van der Waals surface area contributed by atoms with Crippen molar-refractivity contribution in [3.8, 4) is 0 Å². The second kappa shape index (κ2) is 5.96. The fraction of sp³-hybridized carbons (Fsp3) is 0.294. The minimum absolute atomic E-state index is 0.00675. The molecular formula is C17H19ClN2. The number of nitrogens with one attached hydrogen (secondary N) is 1. The van der Waals surface area contributed by atoms with E-state index in [9.17, 15) is 0 Å². The Morgan fingerprint density at radius 2 is 1.80 bits per heavy atom. The average molecular weight is 287 g/mol. The lowest BCUT2D eigenvalue weighted by molar-refractivity contribution is 0.419. The molecule has 1 unspecified atom stereocenters. The highest BCUT2D eigenvalue weighted by molar-refractivity contribution is 6.30. The Morgan fingerprint density at radius 3 is 2.40 bits per heavy atom. The van der Waals surface area contributed by atoms with Crippen molar-refractivity contribution in [3.05, 3.63) is 70.2 Å². The number of nitrogens with two attached hydrogens (primary N) is 1. The quantitative estimate of drug-likeness (QED) is 0.654. The molecule has 1 fully saturated rings. The number of benzene rings is 2. The van der Waals surface area contributed by atoms with Crippen molar-refractivity contribution in [3.63, 3.8) is 0 Å². The third kappa shape index (κ3) is 2.73. The summed E-state index contributed by atoms with van der Waals surface area (Å²) in [5.74, 6) is 6.50. The first-order chi connectivity index (χ1) is 9.78. The van der Waals surface area contributed by atoms with Crippen LogP contribution in [0.15, 0.2) is 48.5 Å². The van der Waals surface area contributed by atoms with Gasteiger partial charge in [-0.3, -0.25) is 5.84 Å². The maximum Gasteiger partial charge on any atom is 0.0710 e. The van der Waals surface area contributed by atoms with Gasteiger partial charge in [-0.15, -0.1) is 0 Å². The van der Waals surface area contributed by atoms with Crippen LogP contribution in [0.5, 0.6) is 0 Å². The van der Waals surface area contributed by atoms with Crippen LogP contribution in [0.2, 0.25) is 5.02 Å². The minimum atomic E-state index is 0.00675. The Morgan fingerprint density at radius 1 is 1.05 bits per heavy atom. The van der Waals surface area contributed by atoms with Crippen LogP contribution in [0.3, 0.4) is 0 Å². The number of hydrazine groups is 1. The molecule has 0 heterocycles. The molecule has 0 aromatic heterocycles. The van der Waals surface area contributed by atoms with Gasteiger partial charge in [-0.25, -0.2) is 5.43 Å². The molecule has 1 atom stereocenters. The first-order valence-electron chi connectivity index (χ1n) is 7.09. The van der Waals surface area contributed by atoms with Gasteiger partial charge in [0.15, 0.2) is 0 Å². The van der Waals surface area contributed by atoms with E-state index in [1.54, 1.807) is 0 Å². The van der Waals surface area contributed by atoms with Crippen molar-refractivity contribution in [1.82, 2.24) is 5.43 Å². The monoisotopic (exact) mass is 286 g/mol. The zero-order valence-corrected chi connectivity index (χ0v) is 12.1. The summed E-state index contributed by atoms with van der Waals surface area (Å²) in [4.78, 5) is 0. The van der Waals surface area contributed by atoms with E-state index in [2.05, 4.69) is 29.7 Å². The van der Waals surface area contributed by atoms with Crippen LogP contribution < -0.4 is 11.3 Å². The Hall–Kier alpha value is -1.35. The van der Waals surface area contributed by atoms with Gasteiger partial charge in [0.05, 0.1) is 6.04 Å². The third-order valence-electron chi connectivity index (χ3n) is 4.19. The molecule has 0 radical (unpaired) electrons. The zero-order chi connectivity index (χ0) is 13.9. The molecule has 1 aliphatic carbocycles. The van der Waals surface area contributed by atoms with Crippen LogP contribution in [0.25, 0.3) is 0 Å². The smallest absolute Gasteiger partial charge is 0.0710 e. The van der Waals surface area contributed by atoms with Gasteiger partial charge in [0.2, 0.25) is 0 Å². The van der Waals surface area contributed by atoms with E-state index in [1.807, 2.05) is 24.3 Å². The Bertz CT molecular complexity index is 576. The molecule has 3 N–H and O–H groups in total. The first kappa shape index (κ1) is 13.6. The zero-order valence-electron chi connectivity index (χ0n) is 11.4. The van der Waals surface area contributed by atoms with E-state index in [0.29, 0.717) is 0 Å². The van der Waals surface area contributed by atoms with Crippen molar-refractivity contribution in [1.29, 1.82) is 0 Å². The number of halogens is 1. The standard InChI is InChI=1S/C17H19ClN2/c18-16-9-7-13(8-10-16)17(20-19)15-6-2-5-14(11-15)12-3-1-4-12/h2,5-12,17,20H,1,3-4,19H2. The van der Waals surface area contributed by atoms with E-state index < -0.39 is 0 Å². The molecule has 2 aromatic rings. The molecule has 3 rings (SSSR count). The van der Waals surface area contributed by atoms with Gasteiger partial charge in [-0.05, 0) is 47.6 Å². The van der Waals surface area contributed by atoms with Gasteiger partial charge in [0.1, 0.15) is 0 Å². The molecule has 0 aliphatic heterocycles. The number of rotatable bonds is 4. The molecule has 0 amide bonds. The summed E-state index contributed by atoms with van der Waals surface area (Å²) in [6, 6.07) is 16.6. The second-order valence-corrected chi connectivity index (χ2v) is 5.89. The van der Waals surface area contributed by atoms with Crippen LogP contribution in [0.4, 0.5) is 0 Å². The lowest BCUT2D eigenvalue weighted by atomic mass is 9.79. The van der Waals surface area contributed by atoms with E-state index in [4.69, 9.17) is 17.4 Å². The largest absolute Gasteiger partial charge is 0.271 e. The molecule has 2 aromatic carbocycles. The van der Waals surface area contributed by atoms with Crippen molar-refractivity contribution in [2.24, 2.45) is 5.84 Å². The van der Waals surface area contributed by atoms with Crippen molar-refractivity contribution in [2.45, 2.75) is 31.2 Å². The normalized spacial score (nSPS) is 16.7. The van der Waals surface area contributed by atoms with Gasteiger partial charge >= 0.3 is 0 Å². The summed E-state index contributed by atoms with van der Waals surface area (Å²) in [6.45, 7) is 0. The van der Waals surface area contributed by atoms with Crippen LogP contribution in [-0.4, -0.2) is 0 Å². The highest BCUT2D eigenvalue weighted by Gasteiger charge is 2.21. The molecule has 20 heavy (non-hydrogen) atoms. The summed E-state index contributed by atoms with van der Waals surface area (Å²) in [7, 11) is 0. The maximum atomic E-state index is 5.95. The van der Waals surface area contributed by atoms with Crippen LogP contribution in [-0.2, 0) is 0 Å². The molecule has 1 aliphatic rings. The van der Waals surface area contributed by atoms with Gasteiger partial charge in [-0.1, -0.05) is 54.4 Å². The van der Waals surface area contributed by atoms with E-state index in [1.165, 1.54) is 30.4 Å². The number of hydrogen-bond acceptors (Lipinski definition) is 2. The summed E-state index contributed by atoms with van der Waals surface area (Å²) in [5, 5.41) is 0.743. The molecule has 0 bridgehead atoms. The van der Waals surface area contributed by atoms with Crippen LogP contribution in [0, 0.1) is 0 Å². The molecule has 1 saturated carbocycles. The molecule has 2 nitrogen and oxygen atoms in total. The predicted octanol–water partition coefficient (Wildman–Crippen LogP) is 4.16. The van der Waals surface area contributed by atoms with E-state index in [0.717, 1.165) is 16.5 Å². The first-order valence-corrected chi connectivity index (χ1v) is 7.47. The summed E-state index contributed by atoms with van der Waals surface area (Å²) in [6.07, 6.45) is 3.97. The Balaban J connectivity index is 1.90. The molecule has 3 heteroatoms. The molecular weight excluding hydrogens is 268 g/mol.